The van der Waals surface area contributed by atoms with Crippen molar-refractivity contribution in [2.75, 3.05) is 24.5 Å². The van der Waals surface area contributed by atoms with Gasteiger partial charge in [0, 0.05) is 85.6 Å². The Morgan fingerprint density at radius 3 is 1.05 bits per heavy atom. The highest BCUT2D eigenvalue weighted by Gasteiger charge is 2.49. The van der Waals surface area contributed by atoms with Crippen molar-refractivity contribution in [3.63, 3.8) is 0 Å². The highest BCUT2D eigenvalue weighted by molar-refractivity contribution is 7.02. The zero-order valence-corrected chi connectivity index (χ0v) is 56.8. The number of para-hydroxylation sites is 9. The first-order valence-corrected chi connectivity index (χ1v) is 35.8. The maximum atomic E-state index is 8.06. The fourth-order valence-electron chi connectivity index (χ4n) is 16.9. The molecule has 104 heavy (non-hydrogen) atoms. The molecule has 0 aromatic heterocycles. The Balaban J connectivity index is 0.885. The highest BCUT2D eigenvalue weighted by Crippen LogP contribution is 2.54. The van der Waals surface area contributed by atoms with E-state index in [4.69, 9.17) is 4.74 Å². The monoisotopic (exact) mass is 1330 g/mol. The van der Waals surface area contributed by atoms with Crippen LogP contribution in [0, 0.1) is 0 Å². The van der Waals surface area contributed by atoms with E-state index in [0.717, 1.165) is 152 Å². The van der Waals surface area contributed by atoms with Crippen molar-refractivity contribution in [3.05, 3.63) is 394 Å². The first-order valence-electron chi connectivity index (χ1n) is 35.8. The molecule has 0 fully saturated rings. The lowest BCUT2D eigenvalue weighted by Gasteiger charge is -2.46. The zero-order valence-electron chi connectivity index (χ0n) is 56.8. The molecule has 0 N–H and O–H groups in total. The van der Waals surface area contributed by atoms with Gasteiger partial charge in [-0.05, 0) is 146 Å². The molecule has 16 aromatic rings. The van der Waals surface area contributed by atoms with Gasteiger partial charge in [0.05, 0.1) is 34.1 Å². The Morgan fingerprint density at radius 1 is 0.212 bits per heavy atom. The Kier molecular flexibility index (Phi) is 14.7. The van der Waals surface area contributed by atoms with E-state index in [0.29, 0.717) is 0 Å². The predicted molar refractivity (Wildman–Crippen MR) is 437 cm³/mol. The highest BCUT2D eigenvalue weighted by atomic mass is 16.5. The third kappa shape index (κ3) is 9.97. The van der Waals surface area contributed by atoms with E-state index < -0.39 is 0 Å². The minimum atomic E-state index is -0.265. The van der Waals surface area contributed by atoms with Gasteiger partial charge in [-0.3, -0.25) is 0 Å². The summed E-state index contributed by atoms with van der Waals surface area (Å²) < 4.78 is 8.06. The summed E-state index contributed by atoms with van der Waals surface area (Å²) in [5.74, 6) is 1.59. The number of anilines is 15. The smallest absolute Gasteiger partial charge is 0.256 e. The number of hydrogen-bond acceptors (Lipinski definition) is 6. The van der Waals surface area contributed by atoms with Crippen LogP contribution in [-0.4, -0.2) is 13.4 Å². The lowest BCUT2D eigenvalue weighted by atomic mass is 9.30. The number of rotatable bonds is 13. The largest absolute Gasteiger partial charge is 0.458 e. The Morgan fingerprint density at radius 2 is 0.558 bits per heavy atom. The average Bonchev–Trinajstić information content (AvgIpc) is 0.688. The molecule has 0 bridgehead atoms. The molecular formula is C96H65B2N5O. The van der Waals surface area contributed by atoms with Crippen LogP contribution in [0.1, 0.15) is 0 Å². The molecule has 6 nitrogen and oxygen atoms in total. The third-order valence-corrected chi connectivity index (χ3v) is 21.2. The molecule has 0 spiro atoms. The normalized spacial score (nSPS) is 12.6. The van der Waals surface area contributed by atoms with Crippen LogP contribution in [0.5, 0.6) is 11.5 Å². The Labute approximate surface area is 607 Å². The summed E-state index contributed by atoms with van der Waals surface area (Å²) in [6.45, 7) is -0.508. The van der Waals surface area contributed by atoms with E-state index in [1.807, 2.05) is 0 Å². The standard InChI is InChI=1S/C96H65B2N5O/c1-8-34-66(35-9-1)75-48-22-28-54-83(75)99(70-42-16-5-17-43-70)73-60-90-95-91(61-73)103(86-57-31-25-51-78(86)69-40-14-4-15-41-69)89-65-93-82(64-81(89)97(95)79-52-26-32-58-87(79)101(90)72-46-20-7-21-47-72)98-80-53-27-33-59-88(80)102(85-56-30-24-50-77(85)68-38-12-3-13-39-68)92-62-74(63-94(104-93)96(92)98)100(71-44-18-6-19-45-71)84-55-29-23-49-76(84)67-36-10-2-11-37-67/h1-65H. The average molecular weight is 1330 g/mol. The van der Waals surface area contributed by atoms with Crippen molar-refractivity contribution in [2.24, 2.45) is 0 Å². The van der Waals surface area contributed by atoms with Gasteiger partial charge in [-0.2, -0.15) is 0 Å². The molecule has 0 unspecified atom stereocenters. The van der Waals surface area contributed by atoms with Gasteiger partial charge in [0.25, 0.3) is 13.4 Å². The van der Waals surface area contributed by atoms with Crippen molar-refractivity contribution in [3.8, 4) is 56.0 Å². The Bertz CT molecular complexity index is 5950. The van der Waals surface area contributed by atoms with Crippen molar-refractivity contribution in [2.45, 2.75) is 0 Å². The van der Waals surface area contributed by atoms with Crippen LogP contribution in [-0.2, 0) is 0 Å². The van der Waals surface area contributed by atoms with Gasteiger partial charge in [0.1, 0.15) is 11.5 Å². The summed E-state index contributed by atoms with van der Waals surface area (Å²) in [5.41, 5.74) is 31.8. The zero-order chi connectivity index (χ0) is 68.6. The Hall–Kier alpha value is -13.6. The second kappa shape index (κ2) is 25.3. The fraction of sp³-hybridized carbons (Fsp3) is 0. The molecule has 0 atom stereocenters. The molecule has 16 aromatic carbocycles. The van der Waals surface area contributed by atoms with Crippen LogP contribution < -0.4 is 62.0 Å². The second-order valence-corrected chi connectivity index (χ2v) is 27.0. The molecule has 0 radical (unpaired) electrons. The van der Waals surface area contributed by atoms with Crippen LogP contribution >= 0.6 is 0 Å². The van der Waals surface area contributed by atoms with Gasteiger partial charge in [0.15, 0.2) is 0 Å². The molecule has 0 saturated heterocycles. The van der Waals surface area contributed by atoms with Crippen LogP contribution in [0.2, 0.25) is 0 Å². The van der Waals surface area contributed by atoms with Gasteiger partial charge in [-0.1, -0.05) is 291 Å². The maximum Gasteiger partial charge on any atom is 0.256 e. The van der Waals surface area contributed by atoms with Crippen molar-refractivity contribution in [1.29, 1.82) is 0 Å². The molecule has 4 aliphatic rings. The van der Waals surface area contributed by atoms with Crippen molar-refractivity contribution < 1.29 is 4.74 Å². The second-order valence-electron chi connectivity index (χ2n) is 27.0. The topological polar surface area (TPSA) is 25.4 Å². The molecule has 8 heteroatoms. The first kappa shape index (κ1) is 60.4. The molecule has 0 amide bonds. The van der Waals surface area contributed by atoms with Crippen LogP contribution in [0.4, 0.5) is 85.3 Å². The summed E-state index contributed by atoms with van der Waals surface area (Å²) in [5, 5.41) is 0. The number of benzene rings is 16. The van der Waals surface area contributed by atoms with Gasteiger partial charge >= 0.3 is 0 Å². The first-order chi connectivity index (χ1) is 51.7. The minimum absolute atomic E-state index is 0.243. The SMILES string of the molecule is c1ccc(-c2ccccc2N(c2ccccc2)c2cc3c4c(c2)N(c2ccccc2-c2ccccc2)c2ccccc2B4c2cc4c(cc2O3)N(c2ccccc2-c2ccccc2)c2cc(N(c3ccccc3)c3ccccc3-c3ccccc3)cc3c2B4c2ccccc2N3c2ccccc2)cc1. The van der Waals surface area contributed by atoms with Crippen LogP contribution in [0.15, 0.2) is 394 Å². The van der Waals surface area contributed by atoms with Gasteiger partial charge in [-0.25, -0.2) is 0 Å². The molecule has 0 saturated carbocycles. The van der Waals surface area contributed by atoms with E-state index in [1.54, 1.807) is 0 Å². The number of ether oxygens (including phenoxy) is 1. The molecule has 4 aliphatic heterocycles. The van der Waals surface area contributed by atoms with E-state index >= 15 is 0 Å². The summed E-state index contributed by atoms with van der Waals surface area (Å²) in [6.07, 6.45) is 0. The molecule has 0 aliphatic carbocycles. The third-order valence-electron chi connectivity index (χ3n) is 21.2. The van der Waals surface area contributed by atoms with E-state index in [-0.39, 0.29) is 13.4 Å². The van der Waals surface area contributed by atoms with E-state index in [9.17, 15) is 0 Å². The summed E-state index contributed by atoms with van der Waals surface area (Å²) in [7, 11) is 0. The lowest BCUT2D eigenvalue weighted by Crippen LogP contribution is -2.64. The lowest BCUT2D eigenvalue weighted by molar-refractivity contribution is 0.488. The van der Waals surface area contributed by atoms with Crippen LogP contribution in [0.3, 0.4) is 0 Å². The van der Waals surface area contributed by atoms with Crippen molar-refractivity contribution in [1.82, 2.24) is 0 Å². The van der Waals surface area contributed by atoms with Gasteiger partial charge < -0.3 is 29.2 Å². The molecular weight excluding hydrogens is 1260 g/mol. The summed E-state index contributed by atoms with van der Waals surface area (Å²) in [6, 6.07) is 144. The predicted octanol–water partition coefficient (Wildman–Crippen LogP) is 21.8. The maximum absolute atomic E-state index is 8.06. The molecule has 4 heterocycles. The van der Waals surface area contributed by atoms with E-state index in [2.05, 4.69) is 419 Å². The minimum Gasteiger partial charge on any atom is -0.458 e. The fourth-order valence-corrected chi connectivity index (χ4v) is 16.9. The van der Waals surface area contributed by atoms with Crippen LogP contribution in [0.25, 0.3) is 44.5 Å². The number of nitrogens with zero attached hydrogens (tertiary/aromatic N) is 5. The summed E-state index contributed by atoms with van der Waals surface area (Å²) >= 11 is 0. The van der Waals surface area contributed by atoms with E-state index in [1.165, 1.54) is 21.9 Å². The number of fused-ring (bicyclic) bond motifs is 8. The molecule has 20 rings (SSSR count). The molecule has 486 valence electrons. The summed E-state index contributed by atoms with van der Waals surface area (Å²) in [4.78, 5) is 12.5. The van der Waals surface area contributed by atoms with Gasteiger partial charge in [0.2, 0.25) is 0 Å². The van der Waals surface area contributed by atoms with Crippen molar-refractivity contribution >= 4 is 132 Å². The quantitative estimate of drug-likeness (QED) is 0.107. The number of hydrogen-bond donors (Lipinski definition) is 0. The van der Waals surface area contributed by atoms with Gasteiger partial charge in [-0.15, -0.1) is 0 Å².